The molecule has 4 heteroatoms. The van der Waals surface area contributed by atoms with Crippen molar-refractivity contribution in [1.29, 1.82) is 0 Å². The Labute approximate surface area is 98.3 Å². The van der Waals surface area contributed by atoms with E-state index in [2.05, 4.69) is 4.98 Å². The summed E-state index contributed by atoms with van der Waals surface area (Å²) in [6, 6.07) is 3.36. The third-order valence-electron chi connectivity index (χ3n) is 3.59. The largest absolute Gasteiger partial charge is 0.385 e. The van der Waals surface area contributed by atoms with Crippen LogP contribution < -0.4 is 0 Å². The molecular weight excluding hydrogens is 225 g/mol. The molecule has 2 nitrogen and oxygen atoms in total. The van der Waals surface area contributed by atoms with Gasteiger partial charge in [-0.15, -0.1) is 0 Å². The van der Waals surface area contributed by atoms with Crippen LogP contribution in [0.1, 0.15) is 31.2 Å². The summed E-state index contributed by atoms with van der Waals surface area (Å²) in [5.41, 5.74) is -0.609. The average Bonchev–Trinajstić information content (AvgIpc) is 2.59. The Morgan fingerprint density at radius 3 is 2.69 bits per heavy atom. The molecule has 0 aliphatic carbocycles. The first-order chi connectivity index (χ1) is 7.67. The van der Waals surface area contributed by atoms with E-state index in [0.717, 1.165) is 12.8 Å². The van der Waals surface area contributed by atoms with Crippen molar-refractivity contribution in [3.8, 4) is 0 Å². The Balaban J connectivity index is 1.96. The van der Waals surface area contributed by atoms with Crippen molar-refractivity contribution in [2.45, 2.75) is 41.8 Å². The van der Waals surface area contributed by atoms with E-state index in [1.54, 1.807) is 12.1 Å². The molecule has 0 saturated carbocycles. The van der Waals surface area contributed by atoms with Crippen LogP contribution in [0.5, 0.6) is 0 Å². The highest BCUT2D eigenvalue weighted by molar-refractivity contribution is 8.00. The molecule has 2 aliphatic heterocycles. The summed E-state index contributed by atoms with van der Waals surface area (Å²) in [5, 5.41) is 11.6. The quantitative estimate of drug-likeness (QED) is 0.764. The molecular formula is C12H14FNOS. The van der Waals surface area contributed by atoms with Crippen molar-refractivity contribution in [2.24, 2.45) is 0 Å². The zero-order valence-electron chi connectivity index (χ0n) is 8.90. The van der Waals surface area contributed by atoms with Crippen LogP contribution in [0.15, 0.2) is 18.3 Å². The monoisotopic (exact) mass is 239 g/mol. The van der Waals surface area contributed by atoms with Crippen LogP contribution in [0, 0.1) is 5.95 Å². The maximum atomic E-state index is 13.6. The van der Waals surface area contributed by atoms with Gasteiger partial charge in [-0.25, -0.2) is 4.98 Å². The number of halogens is 1. The SMILES string of the molecule is OC1(c2cccnc2F)CC2CCC(C1)S2. The minimum Gasteiger partial charge on any atom is -0.385 e. The van der Waals surface area contributed by atoms with Crippen LogP contribution in [-0.4, -0.2) is 20.6 Å². The first-order valence-electron chi connectivity index (χ1n) is 5.66. The molecule has 2 bridgehead atoms. The number of aromatic nitrogens is 1. The summed E-state index contributed by atoms with van der Waals surface area (Å²) in [6.45, 7) is 0. The molecule has 86 valence electrons. The first-order valence-corrected chi connectivity index (χ1v) is 6.60. The van der Waals surface area contributed by atoms with Crippen molar-refractivity contribution >= 4 is 11.8 Å². The van der Waals surface area contributed by atoms with E-state index in [9.17, 15) is 9.50 Å². The first kappa shape index (κ1) is 10.5. The maximum absolute atomic E-state index is 13.6. The maximum Gasteiger partial charge on any atom is 0.218 e. The lowest BCUT2D eigenvalue weighted by Gasteiger charge is -2.36. The van der Waals surface area contributed by atoms with E-state index >= 15 is 0 Å². The van der Waals surface area contributed by atoms with Gasteiger partial charge in [-0.2, -0.15) is 16.2 Å². The van der Waals surface area contributed by atoms with Crippen molar-refractivity contribution in [3.63, 3.8) is 0 Å². The molecule has 16 heavy (non-hydrogen) atoms. The van der Waals surface area contributed by atoms with Gasteiger partial charge in [0.25, 0.3) is 0 Å². The molecule has 0 aromatic carbocycles. The molecule has 2 fully saturated rings. The molecule has 1 aromatic heterocycles. The van der Waals surface area contributed by atoms with E-state index < -0.39 is 11.5 Å². The number of fused-ring (bicyclic) bond motifs is 2. The summed E-state index contributed by atoms with van der Waals surface area (Å²) >= 11 is 1.95. The van der Waals surface area contributed by atoms with Gasteiger partial charge >= 0.3 is 0 Å². The number of nitrogens with zero attached hydrogens (tertiary/aromatic N) is 1. The number of pyridine rings is 1. The highest BCUT2D eigenvalue weighted by atomic mass is 32.2. The molecule has 0 amide bonds. The zero-order valence-corrected chi connectivity index (χ0v) is 9.71. The van der Waals surface area contributed by atoms with Crippen LogP contribution in [0.3, 0.4) is 0 Å². The van der Waals surface area contributed by atoms with Gasteiger partial charge in [-0.1, -0.05) is 6.07 Å². The summed E-state index contributed by atoms with van der Waals surface area (Å²) < 4.78 is 13.6. The third kappa shape index (κ3) is 1.64. The predicted molar refractivity (Wildman–Crippen MR) is 61.7 cm³/mol. The third-order valence-corrected chi connectivity index (χ3v) is 5.16. The molecule has 2 atom stereocenters. The molecule has 2 unspecified atom stereocenters. The molecule has 2 aliphatic rings. The van der Waals surface area contributed by atoms with Gasteiger partial charge in [0.15, 0.2) is 0 Å². The van der Waals surface area contributed by atoms with Gasteiger partial charge in [-0.05, 0) is 31.7 Å². The Morgan fingerprint density at radius 1 is 1.38 bits per heavy atom. The van der Waals surface area contributed by atoms with Crippen LogP contribution in [0.2, 0.25) is 0 Å². The van der Waals surface area contributed by atoms with Gasteiger partial charge in [0.1, 0.15) is 0 Å². The minimum atomic E-state index is -0.991. The fourth-order valence-electron chi connectivity index (χ4n) is 2.87. The van der Waals surface area contributed by atoms with Crippen LogP contribution in [0.25, 0.3) is 0 Å². The summed E-state index contributed by atoms with van der Waals surface area (Å²) in [4.78, 5) is 3.64. The molecule has 0 spiro atoms. The van der Waals surface area contributed by atoms with Gasteiger partial charge in [0, 0.05) is 22.3 Å². The van der Waals surface area contributed by atoms with E-state index in [1.807, 2.05) is 11.8 Å². The van der Waals surface area contributed by atoms with Crippen molar-refractivity contribution < 1.29 is 9.50 Å². The minimum absolute atomic E-state index is 0.382. The molecule has 3 rings (SSSR count). The summed E-state index contributed by atoms with van der Waals surface area (Å²) in [6.07, 6.45) is 5.06. The second kappa shape index (κ2) is 3.70. The summed E-state index contributed by atoms with van der Waals surface area (Å²) in [7, 11) is 0. The predicted octanol–water partition coefficient (Wildman–Crippen LogP) is 2.47. The molecule has 0 radical (unpaired) electrons. The van der Waals surface area contributed by atoms with Crippen LogP contribution in [0.4, 0.5) is 4.39 Å². The van der Waals surface area contributed by atoms with E-state index in [-0.39, 0.29) is 0 Å². The van der Waals surface area contributed by atoms with E-state index in [4.69, 9.17) is 0 Å². The fourth-order valence-corrected chi connectivity index (χ4v) is 4.70. The van der Waals surface area contributed by atoms with Gasteiger partial charge < -0.3 is 5.11 Å². The normalized spacial score (nSPS) is 37.6. The second-order valence-corrected chi connectivity index (χ2v) is 6.34. The van der Waals surface area contributed by atoms with Crippen LogP contribution >= 0.6 is 11.8 Å². The zero-order chi connectivity index (χ0) is 11.2. The number of hydrogen-bond donors (Lipinski definition) is 1. The van der Waals surface area contributed by atoms with Crippen LogP contribution in [-0.2, 0) is 5.60 Å². The molecule has 1 aromatic rings. The topological polar surface area (TPSA) is 33.1 Å². The Kier molecular flexibility index (Phi) is 2.44. The lowest BCUT2D eigenvalue weighted by atomic mass is 9.86. The summed E-state index contributed by atoms with van der Waals surface area (Å²) in [5.74, 6) is -0.517. The average molecular weight is 239 g/mol. The van der Waals surface area contributed by atoms with Crippen molar-refractivity contribution in [1.82, 2.24) is 4.98 Å². The molecule has 1 N–H and O–H groups in total. The Bertz CT molecular complexity index is 400. The molecule has 3 heterocycles. The number of rotatable bonds is 1. The van der Waals surface area contributed by atoms with Gasteiger partial charge in [-0.3, -0.25) is 0 Å². The highest BCUT2D eigenvalue weighted by Gasteiger charge is 2.45. The standard InChI is InChI=1S/C12H14FNOS/c13-11-10(2-1-5-14-11)12(15)6-8-3-4-9(7-12)16-8/h1-2,5,8-9,15H,3-4,6-7H2. The van der Waals surface area contributed by atoms with E-state index in [0.29, 0.717) is 28.9 Å². The number of aliphatic hydroxyl groups is 1. The Morgan fingerprint density at radius 2 is 2.06 bits per heavy atom. The molecule has 2 saturated heterocycles. The van der Waals surface area contributed by atoms with Crippen molar-refractivity contribution in [2.75, 3.05) is 0 Å². The van der Waals surface area contributed by atoms with E-state index in [1.165, 1.54) is 6.20 Å². The van der Waals surface area contributed by atoms with Gasteiger partial charge in [0.05, 0.1) is 5.60 Å². The number of hydrogen-bond acceptors (Lipinski definition) is 3. The number of thioether (sulfide) groups is 1. The second-order valence-electron chi connectivity index (χ2n) is 4.74. The van der Waals surface area contributed by atoms with Gasteiger partial charge in [0.2, 0.25) is 5.95 Å². The Hall–Kier alpha value is -0.610. The smallest absolute Gasteiger partial charge is 0.218 e. The highest BCUT2D eigenvalue weighted by Crippen LogP contribution is 2.51. The fraction of sp³-hybridized carbons (Fsp3) is 0.583. The van der Waals surface area contributed by atoms with Crippen molar-refractivity contribution in [3.05, 3.63) is 29.8 Å². The lowest BCUT2D eigenvalue weighted by molar-refractivity contribution is 0.0155. The lowest BCUT2D eigenvalue weighted by Crippen LogP contribution is -2.35.